The van der Waals surface area contributed by atoms with Crippen molar-refractivity contribution >= 4 is 11.6 Å². The fraction of sp³-hybridized carbons (Fsp3) is 0.478. The minimum Gasteiger partial charge on any atom is -0.331 e. The number of hydrogen-bond donors (Lipinski definition) is 2. The molecule has 2 aromatic rings. The molecule has 1 fully saturated rings. The highest BCUT2D eigenvalue weighted by Gasteiger charge is 2.32. The van der Waals surface area contributed by atoms with Crippen molar-refractivity contribution in [2.45, 2.75) is 45.7 Å². The van der Waals surface area contributed by atoms with Crippen molar-refractivity contribution in [3.05, 3.63) is 52.6 Å². The molecule has 28 heavy (non-hydrogen) atoms. The van der Waals surface area contributed by atoms with Crippen molar-refractivity contribution < 1.29 is 9.88 Å². The summed E-state index contributed by atoms with van der Waals surface area (Å²) in [4.78, 5) is 7.62. The van der Waals surface area contributed by atoms with Crippen molar-refractivity contribution in [1.82, 2.24) is 0 Å². The van der Waals surface area contributed by atoms with Gasteiger partial charge < -0.3 is 10.2 Å². The smallest absolute Gasteiger partial charge is 0.240 e. The molecule has 2 aliphatic rings. The second-order valence-corrected chi connectivity index (χ2v) is 7.96. The molecule has 1 saturated heterocycles. The number of piperidine rings is 1. The first-order valence-corrected chi connectivity index (χ1v) is 10.7. The van der Waals surface area contributed by atoms with Gasteiger partial charge in [-0.1, -0.05) is 30.3 Å². The zero-order valence-electron chi connectivity index (χ0n) is 16.9. The maximum absolute atomic E-state index is 10.0. The Morgan fingerprint density at radius 3 is 2.64 bits per heavy atom. The zero-order valence-corrected chi connectivity index (χ0v) is 16.9. The molecule has 1 unspecified atom stereocenters. The number of nitriles is 1. The van der Waals surface area contributed by atoms with Gasteiger partial charge in [0.2, 0.25) is 11.6 Å². The molecule has 5 heteroatoms. The van der Waals surface area contributed by atoms with Crippen molar-refractivity contribution in [1.29, 1.82) is 5.26 Å². The number of fused-ring (bicyclic) bond motifs is 1. The van der Waals surface area contributed by atoms with E-state index in [1.165, 1.54) is 36.0 Å². The number of nitrogens with one attached hydrogen (secondary N) is 3. The number of hydrogen-bond acceptors (Lipinski definition) is 3. The van der Waals surface area contributed by atoms with Crippen LogP contribution in [0.5, 0.6) is 0 Å². The van der Waals surface area contributed by atoms with Crippen LogP contribution in [0, 0.1) is 11.3 Å². The third kappa shape index (κ3) is 3.83. The van der Waals surface area contributed by atoms with E-state index in [-0.39, 0.29) is 0 Å². The normalized spacial score (nSPS) is 19.0. The van der Waals surface area contributed by atoms with Crippen LogP contribution in [0.4, 0.5) is 11.6 Å². The largest absolute Gasteiger partial charge is 0.331 e. The van der Waals surface area contributed by atoms with Gasteiger partial charge in [-0.15, -0.1) is 0 Å². The Morgan fingerprint density at radius 2 is 1.93 bits per heavy atom. The van der Waals surface area contributed by atoms with Crippen molar-refractivity contribution in [3.8, 4) is 6.07 Å². The number of aromatic amines is 1. The number of quaternary nitrogens is 1. The molecule has 1 aromatic heterocycles. The van der Waals surface area contributed by atoms with Gasteiger partial charge in [-0.2, -0.15) is 5.26 Å². The summed E-state index contributed by atoms with van der Waals surface area (Å²) >= 11 is 0. The average Bonchev–Trinajstić information content (AvgIpc) is 2.77. The van der Waals surface area contributed by atoms with E-state index in [4.69, 9.17) is 0 Å². The maximum Gasteiger partial charge on any atom is 0.240 e. The highest BCUT2D eigenvalue weighted by molar-refractivity contribution is 5.61. The highest BCUT2D eigenvalue weighted by atomic mass is 15.2. The van der Waals surface area contributed by atoms with Crippen LogP contribution < -0.4 is 20.1 Å². The van der Waals surface area contributed by atoms with Crippen LogP contribution in [0.2, 0.25) is 0 Å². The van der Waals surface area contributed by atoms with Gasteiger partial charge in [0, 0.05) is 6.42 Å². The summed E-state index contributed by atoms with van der Waals surface area (Å²) in [5.74, 6) is 2.13. The molecule has 1 aromatic carbocycles. The number of rotatable bonds is 5. The topological polar surface area (TPSA) is 57.6 Å². The Kier molecular flexibility index (Phi) is 5.78. The Balaban J connectivity index is 1.72. The quantitative estimate of drug-likeness (QED) is 0.837. The number of benzene rings is 1. The first-order chi connectivity index (χ1) is 13.8. The lowest BCUT2D eigenvalue weighted by atomic mass is 9.95. The number of pyridine rings is 1. The van der Waals surface area contributed by atoms with Crippen LogP contribution in [0.25, 0.3) is 0 Å². The van der Waals surface area contributed by atoms with Crippen LogP contribution in [0.1, 0.15) is 48.4 Å². The molecule has 0 bridgehead atoms. The lowest BCUT2D eigenvalue weighted by Gasteiger charge is -2.29. The molecular formula is C23H31N5+2. The lowest BCUT2D eigenvalue weighted by molar-refractivity contribution is -0.914. The van der Waals surface area contributed by atoms with E-state index >= 15 is 0 Å². The van der Waals surface area contributed by atoms with Gasteiger partial charge in [-0.3, -0.25) is 4.90 Å². The predicted molar refractivity (Wildman–Crippen MR) is 111 cm³/mol. The molecule has 5 nitrogen and oxygen atoms in total. The molecule has 0 spiro atoms. The average molecular weight is 378 g/mol. The fourth-order valence-corrected chi connectivity index (χ4v) is 4.53. The monoisotopic (exact) mass is 377 g/mol. The number of anilines is 2. The van der Waals surface area contributed by atoms with Gasteiger partial charge in [-0.05, 0) is 37.3 Å². The molecule has 3 N–H and O–H groups in total. The van der Waals surface area contributed by atoms with E-state index in [2.05, 4.69) is 58.5 Å². The number of H-pyrrole nitrogens is 1. The Morgan fingerprint density at radius 1 is 1.14 bits per heavy atom. The van der Waals surface area contributed by atoms with Crippen molar-refractivity contribution in [2.75, 3.05) is 36.4 Å². The second kappa shape index (κ2) is 8.62. The molecule has 0 amide bonds. The minimum absolute atomic E-state index is 0.788. The molecule has 0 radical (unpaired) electrons. The molecule has 1 atom stereocenters. The van der Waals surface area contributed by atoms with Crippen LogP contribution >= 0.6 is 0 Å². The predicted octanol–water partition coefficient (Wildman–Crippen LogP) is 1.94. The lowest BCUT2D eigenvalue weighted by Crippen LogP contribution is -3.11. The van der Waals surface area contributed by atoms with E-state index in [1.807, 2.05) is 0 Å². The number of nitrogens with zero attached hydrogens (tertiary/aromatic N) is 2. The van der Waals surface area contributed by atoms with Crippen molar-refractivity contribution in [2.24, 2.45) is 0 Å². The SMILES string of the molecule is CC[NH+]1CCc2c(C#N)c(N3CCCCC3)[nH+]c(NCc3ccccc3)c2C1. The van der Waals surface area contributed by atoms with E-state index in [0.717, 1.165) is 62.9 Å². The van der Waals surface area contributed by atoms with Crippen LogP contribution in [0.3, 0.4) is 0 Å². The third-order valence-electron chi connectivity index (χ3n) is 6.20. The van der Waals surface area contributed by atoms with Crippen molar-refractivity contribution in [3.63, 3.8) is 0 Å². The highest BCUT2D eigenvalue weighted by Crippen LogP contribution is 2.29. The summed E-state index contributed by atoms with van der Waals surface area (Å²) in [7, 11) is 0. The summed E-state index contributed by atoms with van der Waals surface area (Å²) in [6.45, 7) is 8.31. The Labute approximate surface area is 168 Å². The fourth-order valence-electron chi connectivity index (χ4n) is 4.53. The van der Waals surface area contributed by atoms with E-state index in [0.29, 0.717) is 0 Å². The standard InChI is InChI=1S/C23H29N5/c1-2-27-14-11-19-20(15-24)23(28-12-7-4-8-13-28)26-22(21(19)17-27)25-16-18-9-5-3-6-10-18/h3,5-6,9-10H,2,4,7-8,11-14,16-17H2,1H3,(H,25,26)/p+2. The van der Waals surface area contributed by atoms with Crippen LogP contribution in [-0.2, 0) is 19.5 Å². The van der Waals surface area contributed by atoms with Gasteiger partial charge in [0.1, 0.15) is 18.2 Å². The Bertz CT molecular complexity index is 850. The summed E-state index contributed by atoms with van der Waals surface area (Å²) in [6.07, 6.45) is 4.68. The summed E-state index contributed by atoms with van der Waals surface area (Å²) in [6, 6.07) is 13.1. The van der Waals surface area contributed by atoms with E-state index in [9.17, 15) is 5.26 Å². The minimum atomic E-state index is 0.788. The molecular weight excluding hydrogens is 346 g/mol. The molecule has 146 valence electrons. The molecule has 0 saturated carbocycles. The van der Waals surface area contributed by atoms with Crippen LogP contribution in [0.15, 0.2) is 30.3 Å². The Hall–Kier alpha value is -2.58. The first kappa shape index (κ1) is 18.8. The van der Waals surface area contributed by atoms with Gasteiger partial charge in [0.25, 0.3) is 0 Å². The molecule has 2 aliphatic heterocycles. The molecule has 4 rings (SSSR count). The molecule has 0 aliphatic carbocycles. The van der Waals surface area contributed by atoms with E-state index < -0.39 is 0 Å². The van der Waals surface area contributed by atoms with Gasteiger partial charge in [0.15, 0.2) is 0 Å². The van der Waals surface area contributed by atoms with Gasteiger partial charge in [-0.25, -0.2) is 4.98 Å². The summed E-state index contributed by atoms with van der Waals surface area (Å²) in [5.41, 5.74) is 4.70. The summed E-state index contributed by atoms with van der Waals surface area (Å²) in [5, 5.41) is 13.7. The number of aromatic nitrogens is 1. The third-order valence-corrected chi connectivity index (χ3v) is 6.20. The first-order valence-electron chi connectivity index (χ1n) is 10.7. The van der Waals surface area contributed by atoms with Gasteiger partial charge in [0.05, 0.1) is 38.3 Å². The summed E-state index contributed by atoms with van der Waals surface area (Å²) < 4.78 is 0. The van der Waals surface area contributed by atoms with Gasteiger partial charge >= 0.3 is 0 Å². The maximum atomic E-state index is 10.0. The number of likely N-dealkylation sites (N-methyl/N-ethyl adjacent to an activating group) is 1. The van der Waals surface area contributed by atoms with E-state index in [1.54, 1.807) is 4.90 Å². The second-order valence-electron chi connectivity index (χ2n) is 7.96. The molecule has 3 heterocycles. The zero-order chi connectivity index (χ0) is 19.3. The van der Waals surface area contributed by atoms with Crippen LogP contribution in [-0.4, -0.2) is 26.2 Å².